The summed E-state index contributed by atoms with van der Waals surface area (Å²) in [6, 6.07) is 18.3. The number of alkyl carbamates (subject to hydrolysis) is 1. The molecule has 154 valence electrons. The third-order valence-corrected chi connectivity index (χ3v) is 5.01. The van der Waals surface area contributed by atoms with E-state index in [2.05, 4.69) is 10.3 Å². The summed E-state index contributed by atoms with van der Waals surface area (Å²) in [7, 11) is 0. The standard InChI is InChI=1S/C21H26N4O3S/c22-20(23)24-13-7-12-18(19(26)29-15-17-10-5-2-6-11-17)25-21(27)28-14-16-8-3-1-4-9-16/h1-6,8-11,18H,7,12-15H2,(H,25,27)(H4,22,23,24)/t18-/m0/s1. The molecule has 0 saturated carbocycles. The van der Waals surface area contributed by atoms with Gasteiger partial charge in [0.05, 0.1) is 0 Å². The van der Waals surface area contributed by atoms with E-state index in [1.807, 2.05) is 60.7 Å². The van der Waals surface area contributed by atoms with Crippen molar-refractivity contribution >= 4 is 28.9 Å². The summed E-state index contributed by atoms with van der Waals surface area (Å²) in [5.74, 6) is 0.534. The van der Waals surface area contributed by atoms with Gasteiger partial charge >= 0.3 is 6.09 Å². The fourth-order valence-electron chi connectivity index (χ4n) is 2.49. The molecule has 2 rings (SSSR count). The number of rotatable bonds is 10. The van der Waals surface area contributed by atoms with Crippen molar-refractivity contribution in [2.75, 3.05) is 6.54 Å². The monoisotopic (exact) mass is 414 g/mol. The second kappa shape index (κ2) is 12.5. The number of guanidine groups is 1. The normalized spacial score (nSPS) is 11.3. The molecule has 0 aliphatic heterocycles. The Morgan fingerprint density at radius 3 is 2.24 bits per heavy atom. The van der Waals surface area contributed by atoms with Crippen LogP contribution in [0, 0.1) is 0 Å². The minimum absolute atomic E-state index is 0.00144. The van der Waals surface area contributed by atoms with Gasteiger partial charge in [-0.05, 0) is 24.0 Å². The molecule has 7 nitrogen and oxygen atoms in total. The van der Waals surface area contributed by atoms with Gasteiger partial charge in [0.2, 0.25) is 5.12 Å². The molecule has 0 bridgehead atoms. The summed E-state index contributed by atoms with van der Waals surface area (Å²) >= 11 is 1.16. The number of nitrogens with two attached hydrogens (primary N) is 2. The van der Waals surface area contributed by atoms with E-state index in [0.717, 1.165) is 22.9 Å². The largest absolute Gasteiger partial charge is 0.445 e. The number of carbonyl (C=O) groups excluding carboxylic acids is 2. The predicted molar refractivity (Wildman–Crippen MR) is 116 cm³/mol. The molecule has 2 aromatic rings. The minimum Gasteiger partial charge on any atom is -0.445 e. The molecule has 1 amide bonds. The quantitative estimate of drug-likeness (QED) is 0.312. The van der Waals surface area contributed by atoms with Crippen LogP contribution in [0.4, 0.5) is 4.79 Å². The van der Waals surface area contributed by atoms with E-state index in [1.54, 1.807) is 0 Å². The van der Waals surface area contributed by atoms with Gasteiger partial charge < -0.3 is 21.5 Å². The van der Waals surface area contributed by atoms with E-state index in [4.69, 9.17) is 16.2 Å². The Balaban J connectivity index is 1.88. The summed E-state index contributed by atoms with van der Waals surface area (Å²) in [5.41, 5.74) is 12.6. The average Bonchev–Trinajstić information content (AvgIpc) is 2.74. The number of ether oxygens (including phenoxy) is 1. The molecule has 0 saturated heterocycles. The van der Waals surface area contributed by atoms with Crippen molar-refractivity contribution in [3.8, 4) is 0 Å². The van der Waals surface area contributed by atoms with Gasteiger partial charge in [-0.25, -0.2) is 4.79 Å². The van der Waals surface area contributed by atoms with Crippen LogP contribution in [0.3, 0.4) is 0 Å². The van der Waals surface area contributed by atoms with Crippen molar-refractivity contribution in [2.24, 2.45) is 16.5 Å². The zero-order chi connectivity index (χ0) is 20.9. The Hall–Kier alpha value is -3.00. The summed E-state index contributed by atoms with van der Waals surface area (Å²) in [6.45, 7) is 0.523. The highest BCUT2D eigenvalue weighted by Crippen LogP contribution is 2.17. The number of thioether (sulfide) groups is 1. The predicted octanol–water partition coefficient (Wildman–Crippen LogP) is 2.80. The Morgan fingerprint density at radius 2 is 1.62 bits per heavy atom. The number of hydrogen-bond donors (Lipinski definition) is 3. The van der Waals surface area contributed by atoms with Crippen LogP contribution < -0.4 is 16.8 Å². The smallest absolute Gasteiger partial charge is 0.408 e. The van der Waals surface area contributed by atoms with E-state index in [0.29, 0.717) is 25.1 Å². The van der Waals surface area contributed by atoms with Crippen LogP contribution in [0.15, 0.2) is 65.7 Å². The maximum atomic E-state index is 12.7. The third-order valence-electron chi connectivity index (χ3n) is 3.96. The van der Waals surface area contributed by atoms with Gasteiger partial charge in [0.15, 0.2) is 5.96 Å². The molecule has 0 aromatic heterocycles. The second-order valence-electron chi connectivity index (χ2n) is 6.30. The highest BCUT2D eigenvalue weighted by molar-refractivity contribution is 8.13. The van der Waals surface area contributed by atoms with Crippen LogP contribution >= 0.6 is 11.8 Å². The molecule has 8 heteroatoms. The lowest BCUT2D eigenvalue weighted by Gasteiger charge is -2.17. The van der Waals surface area contributed by atoms with Gasteiger partial charge in [0.1, 0.15) is 12.6 Å². The van der Waals surface area contributed by atoms with E-state index in [9.17, 15) is 9.59 Å². The molecule has 0 radical (unpaired) electrons. The zero-order valence-electron chi connectivity index (χ0n) is 16.1. The molecule has 0 unspecified atom stereocenters. The minimum atomic E-state index is -0.679. The number of carbonyl (C=O) groups is 2. The highest BCUT2D eigenvalue weighted by Gasteiger charge is 2.21. The summed E-state index contributed by atoms with van der Waals surface area (Å²) in [4.78, 5) is 28.8. The van der Waals surface area contributed by atoms with Crippen molar-refractivity contribution in [2.45, 2.75) is 31.2 Å². The highest BCUT2D eigenvalue weighted by atomic mass is 32.2. The Kier molecular flexibility index (Phi) is 9.57. The Bertz CT molecular complexity index is 796. The molecular formula is C21H26N4O3S. The third kappa shape index (κ3) is 9.16. The van der Waals surface area contributed by atoms with Crippen molar-refractivity contribution in [3.63, 3.8) is 0 Å². The van der Waals surface area contributed by atoms with Crippen LogP contribution in [0.5, 0.6) is 0 Å². The zero-order valence-corrected chi connectivity index (χ0v) is 16.9. The lowest BCUT2D eigenvalue weighted by molar-refractivity contribution is -0.112. The first-order valence-electron chi connectivity index (χ1n) is 9.28. The van der Waals surface area contributed by atoms with Crippen molar-refractivity contribution in [3.05, 3.63) is 71.8 Å². The number of amides is 1. The molecule has 5 N–H and O–H groups in total. The van der Waals surface area contributed by atoms with E-state index >= 15 is 0 Å². The molecule has 1 atom stereocenters. The number of hydrogen-bond acceptors (Lipinski definition) is 5. The number of benzene rings is 2. The fraction of sp³-hybridized carbons (Fsp3) is 0.286. The number of nitrogens with zero attached hydrogens (tertiary/aromatic N) is 1. The van der Waals surface area contributed by atoms with Gasteiger partial charge in [-0.15, -0.1) is 0 Å². The Morgan fingerprint density at radius 1 is 1.00 bits per heavy atom. The first kappa shape index (κ1) is 22.3. The van der Waals surface area contributed by atoms with Crippen LogP contribution in [0.2, 0.25) is 0 Å². The first-order chi connectivity index (χ1) is 14.0. The van der Waals surface area contributed by atoms with Gasteiger partial charge in [0.25, 0.3) is 0 Å². The van der Waals surface area contributed by atoms with Gasteiger partial charge in [-0.3, -0.25) is 9.79 Å². The van der Waals surface area contributed by atoms with Crippen molar-refractivity contribution < 1.29 is 14.3 Å². The number of aliphatic imine (C=N–C) groups is 1. The molecule has 0 heterocycles. The van der Waals surface area contributed by atoms with Crippen LogP contribution in [-0.4, -0.2) is 29.8 Å². The van der Waals surface area contributed by atoms with Gasteiger partial charge in [-0.2, -0.15) is 0 Å². The topological polar surface area (TPSA) is 120 Å². The first-order valence-corrected chi connectivity index (χ1v) is 10.3. The van der Waals surface area contributed by atoms with Crippen LogP contribution in [0.1, 0.15) is 24.0 Å². The van der Waals surface area contributed by atoms with E-state index in [-0.39, 0.29) is 17.7 Å². The maximum absolute atomic E-state index is 12.7. The van der Waals surface area contributed by atoms with Crippen LogP contribution in [-0.2, 0) is 21.9 Å². The Labute approximate surface area is 174 Å². The van der Waals surface area contributed by atoms with Crippen molar-refractivity contribution in [1.82, 2.24) is 5.32 Å². The van der Waals surface area contributed by atoms with Gasteiger partial charge in [0, 0.05) is 12.3 Å². The van der Waals surface area contributed by atoms with Crippen LogP contribution in [0.25, 0.3) is 0 Å². The average molecular weight is 415 g/mol. The van der Waals surface area contributed by atoms with Crippen molar-refractivity contribution in [1.29, 1.82) is 0 Å². The lowest BCUT2D eigenvalue weighted by Crippen LogP contribution is -2.40. The maximum Gasteiger partial charge on any atom is 0.408 e. The molecule has 29 heavy (non-hydrogen) atoms. The van der Waals surface area contributed by atoms with E-state index in [1.165, 1.54) is 0 Å². The summed E-state index contributed by atoms with van der Waals surface area (Å²) in [5, 5.41) is 2.54. The molecule has 0 fully saturated rings. The molecule has 0 spiro atoms. The van der Waals surface area contributed by atoms with E-state index < -0.39 is 12.1 Å². The molecule has 0 aliphatic carbocycles. The molecule has 0 aliphatic rings. The SMILES string of the molecule is NC(N)=NCCC[C@H](NC(=O)OCc1ccccc1)C(=O)SCc1ccccc1. The summed E-state index contributed by atoms with van der Waals surface area (Å²) in [6.07, 6.45) is 0.339. The number of nitrogens with one attached hydrogen (secondary N) is 1. The second-order valence-corrected chi connectivity index (χ2v) is 7.28. The fourth-order valence-corrected chi connectivity index (χ4v) is 3.37. The summed E-state index contributed by atoms with van der Waals surface area (Å²) < 4.78 is 5.24. The van der Waals surface area contributed by atoms with Gasteiger partial charge in [-0.1, -0.05) is 72.4 Å². The molecule has 2 aromatic carbocycles. The molecular weight excluding hydrogens is 388 g/mol. The lowest BCUT2D eigenvalue weighted by atomic mass is 10.2.